The van der Waals surface area contributed by atoms with E-state index in [9.17, 15) is 4.79 Å². The van der Waals surface area contributed by atoms with Crippen molar-refractivity contribution in [2.45, 2.75) is 18.5 Å². The van der Waals surface area contributed by atoms with Gasteiger partial charge in [-0.05, 0) is 35.0 Å². The fraction of sp³-hybridized carbons (Fsp3) is 0.211. The van der Waals surface area contributed by atoms with Crippen molar-refractivity contribution in [1.82, 2.24) is 19.8 Å². The van der Waals surface area contributed by atoms with E-state index < -0.39 is 0 Å². The van der Waals surface area contributed by atoms with E-state index in [0.29, 0.717) is 16.5 Å². The molecule has 2 heterocycles. The van der Waals surface area contributed by atoms with E-state index in [-0.39, 0.29) is 5.91 Å². The van der Waals surface area contributed by atoms with Gasteiger partial charge in [-0.1, -0.05) is 42.5 Å². The first-order valence-corrected chi connectivity index (χ1v) is 9.14. The van der Waals surface area contributed by atoms with Crippen LogP contribution in [-0.4, -0.2) is 39.8 Å². The van der Waals surface area contributed by atoms with Gasteiger partial charge in [-0.15, -0.1) is 10.2 Å². The summed E-state index contributed by atoms with van der Waals surface area (Å²) in [5, 5.41) is 11.7. The molecule has 1 aliphatic rings. The fourth-order valence-electron chi connectivity index (χ4n) is 3.00. The number of rotatable bonds is 3. The van der Waals surface area contributed by atoms with Crippen LogP contribution in [0.1, 0.15) is 18.3 Å². The Morgan fingerprint density at radius 2 is 1.92 bits per heavy atom. The van der Waals surface area contributed by atoms with Gasteiger partial charge in [0.25, 0.3) is 5.91 Å². The quantitative estimate of drug-likeness (QED) is 0.773. The minimum Gasteiger partial charge on any atom is -0.344 e. The third-order valence-corrected chi connectivity index (χ3v) is 5.47. The fourth-order valence-corrected chi connectivity index (χ4v) is 3.98. The standard InChI is InChI=1S/C19H19N5OS/c1-12-17(18(25)23(2)3)26-19-21-20-16(24(19)22-12)11-14-9-6-8-13-7-4-5-10-15(13)14/h4-10,22H,11H2,1-3H3. The minimum atomic E-state index is -0.0372. The van der Waals surface area contributed by atoms with Gasteiger partial charge in [-0.25, -0.2) is 4.68 Å². The minimum absolute atomic E-state index is 0.0372. The van der Waals surface area contributed by atoms with Crippen molar-refractivity contribution in [3.63, 3.8) is 0 Å². The Morgan fingerprint density at radius 3 is 2.73 bits per heavy atom. The number of benzene rings is 2. The van der Waals surface area contributed by atoms with Gasteiger partial charge in [0, 0.05) is 26.2 Å². The normalized spacial score (nSPS) is 13.5. The van der Waals surface area contributed by atoms with Gasteiger partial charge in [-0.2, -0.15) is 0 Å². The first kappa shape index (κ1) is 16.7. The zero-order valence-corrected chi connectivity index (χ0v) is 15.7. The maximum Gasteiger partial charge on any atom is 0.262 e. The molecule has 0 fully saturated rings. The maximum absolute atomic E-state index is 12.3. The molecular weight excluding hydrogens is 346 g/mol. The van der Waals surface area contributed by atoms with Crippen molar-refractivity contribution < 1.29 is 4.79 Å². The molecule has 1 aliphatic heterocycles. The summed E-state index contributed by atoms with van der Waals surface area (Å²) in [6.07, 6.45) is 0.659. The highest BCUT2D eigenvalue weighted by atomic mass is 32.2. The smallest absolute Gasteiger partial charge is 0.262 e. The Hall–Kier alpha value is -2.80. The van der Waals surface area contributed by atoms with Gasteiger partial charge < -0.3 is 4.90 Å². The van der Waals surface area contributed by atoms with Crippen LogP contribution in [0.4, 0.5) is 0 Å². The van der Waals surface area contributed by atoms with E-state index in [1.807, 2.05) is 23.7 Å². The second-order valence-electron chi connectivity index (χ2n) is 6.42. The van der Waals surface area contributed by atoms with Crippen molar-refractivity contribution in [3.8, 4) is 0 Å². The Labute approximate surface area is 155 Å². The molecule has 4 rings (SSSR count). The molecular formula is C19H19N5OS. The van der Waals surface area contributed by atoms with Gasteiger partial charge in [0.1, 0.15) is 4.91 Å². The number of fused-ring (bicyclic) bond motifs is 2. The molecule has 0 radical (unpaired) electrons. The molecule has 2 aromatic carbocycles. The van der Waals surface area contributed by atoms with E-state index in [2.05, 4.69) is 46.0 Å². The lowest BCUT2D eigenvalue weighted by Gasteiger charge is -2.22. The second kappa shape index (κ2) is 6.49. The highest BCUT2D eigenvalue weighted by Crippen LogP contribution is 2.33. The molecule has 0 atom stereocenters. The summed E-state index contributed by atoms with van der Waals surface area (Å²) in [5.74, 6) is 0.782. The predicted octanol–water partition coefficient (Wildman–Crippen LogP) is 2.99. The number of carbonyl (C=O) groups is 1. The average molecular weight is 365 g/mol. The van der Waals surface area contributed by atoms with Gasteiger partial charge in [0.2, 0.25) is 5.16 Å². The first-order chi connectivity index (χ1) is 12.5. The molecule has 0 saturated carbocycles. The molecule has 7 heteroatoms. The number of likely N-dealkylation sites (N-methyl/N-ethyl adjacent to an activating group) is 1. The number of nitrogens with zero attached hydrogens (tertiary/aromatic N) is 4. The lowest BCUT2D eigenvalue weighted by atomic mass is 10.0. The molecule has 0 aliphatic carbocycles. The van der Waals surface area contributed by atoms with Gasteiger partial charge in [0.05, 0.1) is 0 Å². The summed E-state index contributed by atoms with van der Waals surface area (Å²) in [6, 6.07) is 14.6. The van der Waals surface area contributed by atoms with Crippen LogP contribution in [0.2, 0.25) is 0 Å². The van der Waals surface area contributed by atoms with Crippen LogP contribution in [0, 0.1) is 0 Å². The molecule has 0 saturated heterocycles. The van der Waals surface area contributed by atoms with E-state index in [1.165, 1.54) is 28.1 Å². The summed E-state index contributed by atoms with van der Waals surface area (Å²) in [6.45, 7) is 1.90. The summed E-state index contributed by atoms with van der Waals surface area (Å²) in [4.78, 5) is 14.5. The SMILES string of the molecule is CC1=C(C(=O)N(C)C)Sc2nnc(Cc3cccc4ccccc34)n2N1. The molecule has 0 unspecified atom stereocenters. The Kier molecular flexibility index (Phi) is 4.16. The third kappa shape index (κ3) is 2.84. The van der Waals surface area contributed by atoms with Crippen LogP contribution in [0.15, 0.2) is 58.2 Å². The molecule has 6 nitrogen and oxygen atoms in total. The van der Waals surface area contributed by atoms with Crippen molar-refractivity contribution in [2.75, 3.05) is 19.5 Å². The number of nitrogens with one attached hydrogen (secondary N) is 1. The van der Waals surface area contributed by atoms with E-state index in [4.69, 9.17) is 0 Å². The number of carbonyl (C=O) groups excluding carboxylic acids is 1. The van der Waals surface area contributed by atoms with Gasteiger partial charge >= 0.3 is 0 Å². The van der Waals surface area contributed by atoms with Crippen LogP contribution in [0.3, 0.4) is 0 Å². The number of aromatic nitrogens is 3. The largest absolute Gasteiger partial charge is 0.344 e. The zero-order valence-electron chi connectivity index (χ0n) is 14.9. The highest BCUT2D eigenvalue weighted by Gasteiger charge is 2.26. The van der Waals surface area contributed by atoms with E-state index in [0.717, 1.165) is 11.5 Å². The monoisotopic (exact) mass is 365 g/mol. The molecule has 1 aromatic heterocycles. The van der Waals surface area contributed by atoms with Crippen molar-refractivity contribution in [1.29, 1.82) is 0 Å². The summed E-state index contributed by atoms with van der Waals surface area (Å²) >= 11 is 1.35. The molecule has 0 bridgehead atoms. The Morgan fingerprint density at radius 1 is 1.15 bits per heavy atom. The van der Waals surface area contributed by atoms with Crippen molar-refractivity contribution >= 4 is 28.4 Å². The lowest BCUT2D eigenvalue weighted by Crippen LogP contribution is -2.29. The van der Waals surface area contributed by atoms with Crippen molar-refractivity contribution in [3.05, 3.63) is 64.5 Å². The number of hydrogen-bond donors (Lipinski definition) is 1. The van der Waals surface area contributed by atoms with Gasteiger partial charge in [0.15, 0.2) is 5.82 Å². The lowest BCUT2D eigenvalue weighted by molar-refractivity contribution is -0.124. The molecule has 1 N–H and O–H groups in total. The molecule has 3 aromatic rings. The summed E-state index contributed by atoms with van der Waals surface area (Å²) < 4.78 is 1.87. The average Bonchev–Trinajstić information content (AvgIpc) is 3.02. The molecule has 1 amide bonds. The second-order valence-corrected chi connectivity index (χ2v) is 7.39. The van der Waals surface area contributed by atoms with Crippen LogP contribution in [0.25, 0.3) is 10.8 Å². The van der Waals surface area contributed by atoms with Crippen molar-refractivity contribution in [2.24, 2.45) is 0 Å². The summed E-state index contributed by atoms with van der Waals surface area (Å²) in [5.41, 5.74) is 5.27. The number of amides is 1. The number of allylic oxidation sites excluding steroid dienone is 1. The maximum atomic E-state index is 12.3. The molecule has 0 spiro atoms. The topological polar surface area (TPSA) is 63.1 Å². The van der Waals surface area contributed by atoms with Crippen LogP contribution < -0.4 is 5.43 Å². The highest BCUT2D eigenvalue weighted by molar-refractivity contribution is 8.03. The van der Waals surface area contributed by atoms with E-state index in [1.54, 1.807) is 19.0 Å². The first-order valence-electron chi connectivity index (χ1n) is 8.33. The molecule has 132 valence electrons. The number of thioether (sulfide) groups is 1. The van der Waals surface area contributed by atoms with Crippen LogP contribution in [-0.2, 0) is 11.2 Å². The zero-order chi connectivity index (χ0) is 18.3. The third-order valence-electron chi connectivity index (χ3n) is 4.34. The van der Waals surface area contributed by atoms with E-state index >= 15 is 0 Å². The van der Waals surface area contributed by atoms with Crippen LogP contribution in [0.5, 0.6) is 0 Å². The number of hydrogen-bond acceptors (Lipinski definition) is 5. The Bertz CT molecular complexity index is 1030. The summed E-state index contributed by atoms with van der Waals surface area (Å²) in [7, 11) is 3.49. The predicted molar refractivity (Wildman–Crippen MR) is 103 cm³/mol. The van der Waals surface area contributed by atoms with Gasteiger partial charge in [-0.3, -0.25) is 10.2 Å². The van der Waals surface area contributed by atoms with Crippen LogP contribution >= 0.6 is 11.8 Å². The molecule has 26 heavy (non-hydrogen) atoms. The Balaban J connectivity index is 1.67.